The molecule has 1 saturated heterocycles. The number of carbonyl (C=O) groups excluding carboxylic acids is 2. The molecular formula is C10H15BrN2O2. The van der Waals surface area contributed by atoms with Crippen LogP contribution in [0.15, 0.2) is 11.1 Å². The number of hydrogen-bond donors (Lipinski definition) is 1. The fourth-order valence-electron chi connectivity index (χ4n) is 1.54. The van der Waals surface area contributed by atoms with Crippen LogP contribution in [0.25, 0.3) is 0 Å². The molecule has 0 saturated carbocycles. The Morgan fingerprint density at radius 2 is 2.13 bits per heavy atom. The Morgan fingerprint density at radius 1 is 1.60 bits per heavy atom. The Morgan fingerprint density at radius 3 is 2.60 bits per heavy atom. The van der Waals surface area contributed by atoms with Gasteiger partial charge in [0.2, 0.25) is 11.8 Å². The van der Waals surface area contributed by atoms with Gasteiger partial charge in [0.25, 0.3) is 0 Å². The monoisotopic (exact) mass is 274 g/mol. The molecule has 1 heterocycles. The van der Waals surface area contributed by atoms with Gasteiger partial charge >= 0.3 is 0 Å². The molecule has 1 N–H and O–H groups in total. The zero-order chi connectivity index (χ0) is 11.8. The van der Waals surface area contributed by atoms with E-state index in [9.17, 15) is 9.59 Å². The average molecular weight is 275 g/mol. The van der Waals surface area contributed by atoms with Crippen molar-refractivity contribution in [3.05, 3.63) is 11.1 Å². The van der Waals surface area contributed by atoms with E-state index < -0.39 is 11.6 Å². The predicted molar refractivity (Wildman–Crippen MR) is 61.5 cm³/mol. The van der Waals surface area contributed by atoms with Crippen LogP contribution in [0.2, 0.25) is 0 Å². The molecule has 0 aromatic rings. The Bertz CT molecular complexity index is 325. The van der Waals surface area contributed by atoms with Crippen LogP contribution in [-0.4, -0.2) is 34.8 Å². The molecule has 0 radical (unpaired) electrons. The third-order valence-electron chi connectivity index (χ3n) is 2.42. The van der Waals surface area contributed by atoms with E-state index in [0.29, 0.717) is 11.0 Å². The number of hydrogen-bond acceptors (Lipinski definition) is 2. The van der Waals surface area contributed by atoms with Crippen LogP contribution in [-0.2, 0) is 9.59 Å². The van der Waals surface area contributed by atoms with Gasteiger partial charge in [-0.25, -0.2) is 0 Å². The summed E-state index contributed by atoms with van der Waals surface area (Å²) in [5.41, 5.74) is -0.827. The molecule has 5 heteroatoms. The molecule has 0 spiro atoms. The molecule has 0 aromatic heterocycles. The van der Waals surface area contributed by atoms with E-state index in [-0.39, 0.29) is 11.8 Å². The molecule has 15 heavy (non-hydrogen) atoms. The average Bonchev–Trinajstić information content (AvgIpc) is 2.08. The topological polar surface area (TPSA) is 49.4 Å². The minimum atomic E-state index is -0.827. The maximum Gasteiger partial charge on any atom is 0.248 e. The van der Waals surface area contributed by atoms with E-state index in [1.807, 2.05) is 0 Å². The van der Waals surface area contributed by atoms with Gasteiger partial charge in [-0.15, -0.1) is 0 Å². The van der Waals surface area contributed by atoms with Crippen molar-refractivity contribution in [1.29, 1.82) is 0 Å². The fraction of sp³-hybridized carbons (Fsp3) is 0.600. The van der Waals surface area contributed by atoms with Crippen molar-refractivity contribution in [3.8, 4) is 0 Å². The first kappa shape index (κ1) is 12.2. The lowest BCUT2D eigenvalue weighted by Gasteiger charge is -2.41. The van der Waals surface area contributed by atoms with Crippen LogP contribution in [0.3, 0.4) is 0 Å². The van der Waals surface area contributed by atoms with E-state index in [0.717, 1.165) is 0 Å². The third kappa shape index (κ3) is 2.40. The number of carbonyl (C=O) groups is 2. The summed E-state index contributed by atoms with van der Waals surface area (Å²) in [5.74, 6) is -0.219. The number of rotatable bonds is 2. The highest BCUT2D eigenvalue weighted by Gasteiger charge is 2.43. The standard InChI is InChI=1S/C10H15BrN2O2/c1-6(11)5-13-7(2)8(14)12-10(3,4)9(13)15/h7H,1,5H2,2-4H3,(H,12,14). The molecule has 4 nitrogen and oxygen atoms in total. The highest BCUT2D eigenvalue weighted by Crippen LogP contribution is 2.19. The summed E-state index contributed by atoms with van der Waals surface area (Å²) >= 11 is 3.20. The van der Waals surface area contributed by atoms with Gasteiger partial charge in [-0.2, -0.15) is 0 Å². The Balaban J connectivity index is 2.95. The summed E-state index contributed by atoms with van der Waals surface area (Å²) in [5, 5.41) is 2.68. The highest BCUT2D eigenvalue weighted by atomic mass is 79.9. The quantitative estimate of drug-likeness (QED) is 0.818. The number of amides is 2. The van der Waals surface area contributed by atoms with E-state index in [1.165, 1.54) is 4.90 Å². The second-order valence-corrected chi connectivity index (χ2v) is 5.36. The van der Waals surface area contributed by atoms with E-state index in [1.54, 1.807) is 20.8 Å². The second-order valence-electron chi connectivity index (χ2n) is 4.24. The minimum absolute atomic E-state index is 0.0878. The molecular weight excluding hydrogens is 260 g/mol. The van der Waals surface area contributed by atoms with Gasteiger partial charge < -0.3 is 10.2 Å². The van der Waals surface area contributed by atoms with Crippen LogP contribution in [0.5, 0.6) is 0 Å². The molecule has 1 aliphatic rings. The predicted octanol–water partition coefficient (Wildman–Crippen LogP) is 1.02. The van der Waals surface area contributed by atoms with Crippen LogP contribution in [0.1, 0.15) is 20.8 Å². The minimum Gasteiger partial charge on any atom is -0.340 e. The smallest absolute Gasteiger partial charge is 0.248 e. The third-order valence-corrected chi connectivity index (χ3v) is 2.67. The van der Waals surface area contributed by atoms with Crippen molar-refractivity contribution < 1.29 is 9.59 Å². The van der Waals surface area contributed by atoms with Crippen molar-refractivity contribution in [2.45, 2.75) is 32.4 Å². The summed E-state index contributed by atoms with van der Waals surface area (Å²) in [6.45, 7) is 9.14. The van der Waals surface area contributed by atoms with Gasteiger partial charge in [-0.05, 0) is 20.8 Å². The molecule has 84 valence electrons. The Kier molecular flexibility index (Phi) is 3.23. The van der Waals surface area contributed by atoms with E-state index in [2.05, 4.69) is 27.8 Å². The lowest BCUT2D eigenvalue weighted by Crippen LogP contribution is -2.67. The first-order chi connectivity index (χ1) is 6.75. The van der Waals surface area contributed by atoms with Crippen LogP contribution < -0.4 is 5.32 Å². The molecule has 1 rings (SSSR count). The molecule has 1 atom stereocenters. The van der Waals surface area contributed by atoms with Gasteiger partial charge in [0.05, 0.1) is 6.54 Å². The van der Waals surface area contributed by atoms with Gasteiger partial charge in [-0.3, -0.25) is 9.59 Å². The van der Waals surface area contributed by atoms with Crippen LogP contribution in [0.4, 0.5) is 0 Å². The fourth-order valence-corrected chi connectivity index (χ4v) is 1.81. The lowest BCUT2D eigenvalue weighted by molar-refractivity contribution is -0.152. The SMILES string of the molecule is C=C(Br)CN1C(=O)C(C)(C)NC(=O)C1C. The second kappa shape index (κ2) is 3.96. The normalized spacial score (nSPS) is 25.1. The molecule has 1 unspecified atom stereocenters. The number of halogens is 1. The van der Waals surface area contributed by atoms with E-state index >= 15 is 0 Å². The molecule has 2 amide bonds. The van der Waals surface area contributed by atoms with Gasteiger partial charge in [0.1, 0.15) is 11.6 Å². The maximum absolute atomic E-state index is 12.0. The zero-order valence-electron chi connectivity index (χ0n) is 9.13. The van der Waals surface area contributed by atoms with Gasteiger partial charge in [0, 0.05) is 4.48 Å². The van der Waals surface area contributed by atoms with Gasteiger partial charge in [0.15, 0.2) is 0 Å². The lowest BCUT2D eigenvalue weighted by atomic mass is 9.97. The van der Waals surface area contributed by atoms with Crippen molar-refractivity contribution in [1.82, 2.24) is 10.2 Å². The zero-order valence-corrected chi connectivity index (χ0v) is 10.7. The van der Waals surface area contributed by atoms with Crippen LogP contribution in [0, 0.1) is 0 Å². The first-order valence-corrected chi connectivity index (χ1v) is 5.51. The Hall–Kier alpha value is -0.840. The highest BCUT2D eigenvalue weighted by molar-refractivity contribution is 9.11. The summed E-state index contributed by atoms with van der Waals surface area (Å²) in [4.78, 5) is 25.1. The summed E-state index contributed by atoms with van der Waals surface area (Å²) in [6, 6.07) is -0.445. The van der Waals surface area contributed by atoms with Crippen molar-refractivity contribution >= 4 is 27.7 Å². The number of nitrogens with zero attached hydrogens (tertiary/aromatic N) is 1. The number of piperazine rings is 1. The summed E-state index contributed by atoms with van der Waals surface area (Å²) in [7, 11) is 0. The summed E-state index contributed by atoms with van der Waals surface area (Å²) in [6.07, 6.45) is 0. The number of nitrogens with one attached hydrogen (secondary N) is 1. The van der Waals surface area contributed by atoms with E-state index in [4.69, 9.17) is 0 Å². The van der Waals surface area contributed by atoms with Crippen molar-refractivity contribution in [2.75, 3.05) is 6.54 Å². The summed E-state index contributed by atoms with van der Waals surface area (Å²) < 4.78 is 0.688. The molecule has 1 fully saturated rings. The van der Waals surface area contributed by atoms with Crippen molar-refractivity contribution in [2.24, 2.45) is 0 Å². The molecule has 1 aliphatic heterocycles. The van der Waals surface area contributed by atoms with Crippen molar-refractivity contribution in [3.63, 3.8) is 0 Å². The van der Waals surface area contributed by atoms with Gasteiger partial charge in [-0.1, -0.05) is 22.5 Å². The molecule has 0 bridgehead atoms. The largest absolute Gasteiger partial charge is 0.340 e. The Labute approximate surface area is 97.8 Å². The van der Waals surface area contributed by atoms with Crippen LogP contribution >= 0.6 is 15.9 Å². The maximum atomic E-state index is 12.0. The molecule has 0 aliphatic carbocycles. The first-order valence-electron chi connectivity index (χ1n) is 4.72. The molecule has 0 aromatic carbocycles.